The van der Waals surface area contributed by atoms with Crippen LogP contribution < -0.4 is 15.5 Å². The highest BCUT2D eigenvalue weighted by Gasteiger charge is 2.28. The van der Waals surface area contributed by atoms with E-state index in [0.717, 1.165) is 54.3 Å². The molecule has 2 N–H and O–H groups in total. The smallest absolute Gasteiger partial charge is 0.233 e. The number of fused-ring (bicyclic) bond motifs is 1. The van der Waals surface area contributed by atoms with Gasteiger partial charge in [0.2, 0.25) is 5.91 Å². The van der Waals surface area contributed by atoms with Crippen LogP contribution in [0, 0.1) is 6.92 Å². The summed E-state index contributed by atoms with van der Waals surface area (Å²) in [5.74, 6) is 2.40. The maximum Gasteiger partial charge on any atom is 0.233 e. The summed E-state index contributed by atoms with van der Waals surface area (Å²) in [6, 6.07) is 8.51. The number of aromatic nitrogens is 4. The van der Waals surface area contributed by atoms with Crippen molar-refractivity contribution in [3.63, 3.8) is 0 Å². The summed E-state index contributed by atoms with van der Waals surface area (Å²) in [5.41, 5.74) is 2.75. The molecule has 3 aromatic rings. The minimum absolute atomic E-state index is 0.0534. The molecule has 2 aliphatic rings. The van der Waals surface area contributed by atoms with Crippen LogP contribution in [0.4, 0.5) is 23.1 Å². The molecule has 4 heterocycles. The molecule has 5 rings (SSSR count). The number of hydrogen-bond acceptors (Lipinski definition) is 7. The number of aryl methyl sites for hydroxylation is 2. The first-order valence-electron chi connectivity index (χ1n) is 10.7. The average molecular weight is 416 g/mol. The summed E-state index contributed by atoms with van der Waals surface area (Å²) in [4.78, 5) is 31.9. The van der Waals surface area contributed by atoms with Crippen LogP contribution in [0.15, 0.2) is 49.1 Å². The third-order valence-corrected chi connectivity index (χ3v) is 5.86. The zero-order valence-electron chi connectivity index (χ0n) is 17.5. The Hall–Kier alpha value is -3.55. The number of carbonyl (C=O) groups is 1. The van der Waals surface area contributed by atoms with Crippen LogP contribution in [0.2, 0.25) is 0 Å². The Morgan fingerprint density at radius 3 is 2.45 bits per heavy atom. The summed E-state index contributed by atoms with van der Waals surface area (Å²) < 4.78 is 0. The fourth-order valence-electron chi connectivity index (χ4n) is 4.30. The number of nitrogens with one attached hydrogen (secondary N) is 2. The van der Waals surface area contributed by atoms with Gasteiger partial charge in [0, 0.05) is 24.7 Å². The number of carbonyl (C=O) groups excluding carboxylic acids is 1. The minimum Gasteiger partial charge on any atom is -0.367 e. The monoisotopic (exact) mass is 415 g/mol. The second-order valence-electron chi connectivity index (χ2n) is 8.16. The Morgan fingerprint density at radius 1 is 0.903 bits per heavy atom. The zero-order valence-corrected chi connectivity index (χ0v) is 17.5. The van der Waals surface area contributed by atoms with Crippen LogP contribution in [-0.4, -0.2) is 37.9 Å². The lowest BCUT2D eigenvalue weighted by atomic mass is 10.0. The molecule has 3 aromatic heterocycles. The molecule has 1 fully saturated rings. The van der Waals surface area contributed by atoms with Crippen LogP contribution in [0.5, 0.6) is 0 Å². The van der Waals surface area contributed by atoms with Gasteiger partial charge in [-0.05, 0) is 56.4 Å². The second kappa shape index (κ2) is 8.29. The maximum absolute atomic E-state index is 12.6. The zero-order chi connectivity index (χ0) is 21.2. The molecule has 2 atom stereocenters. The lowest BCUT2D eigenvalue weighted by Gasteiger charge is -2.28. The lowest BCUT2D eigenvalue weighted by molar-refractivity contribution is -0.118. The number of nitrogens with zero attached hydrogens (tertiary/aromatic N) is 5. The van der Waals surface area contributed by atoms with Gasteiger partial charge in [0.25, 0.3) is 0 Å². The van der Waals surface area contributed by atoms with Crippen molar-refractivity contribution in [1.29, 1.82) is 0 Å². The van der Waals surface area contributed by atoms with Gasteiger partial charge in [0.1, 0.15) is 17.5 Å². The molecule has 1 aliphatic carbocycles. The van der Waals surface area contributed by atoms with Gasteiger partial charge in [-0.25, -0.2) is 15.0 Å². The summed E-state index contributed by atoms with van der Waals surface area (Å²) in [5, 5.41) is 6.99. The first kappa shape index (κ1) is 19.4. The van der Waals surface area contributed by atoms with E-state index in [1.807, 2.05) is 31.2 Å². The van der Waals surface area contributed by atoms with Gasteiger partial charge in [-0.15, -0.1) is 0 Å². The normalized spacial score (nSPS) is 20.4. The highest BCUT2D eigenvalue weighted by atomic mass is 16.2. The van der Waals surface area contributed by atoms with Crippen molar-refractivity contribution in [2.24, 2.45) is 0 Å². The first-order valence-corrected chi connectivity index (χ1v) is 10.7. The third kappa shape index (κ3) is 4.19. The standard InChI is InChI=1S/C23H25N7O/c1-15-12-26-21(14-25-15)29-18-6-5-17(11-18)28-20-8-7-19(13-27-20)30-22(31)9-4-16-3-2-10-24-23(16)30/h2-3,7-8,10,12-14,17-18H,4-6,9,11H2,1H3,(H,26,29)(H,27,28)/t17-,18-/m0/s1. The van der Waals surface area contributed by atoms with E-state index in [4.69, 9.17) is 0 Å². The first-order chi connectivity index (χ1) is 15.2. The lowest BCUT2D eigenvalue weighted by Crippen LogP contribution is -2.31. The molecule has 0 unspecified atom stereocenters. The van der Waals surface area contributed by atoms with Crippen molar-refractivity contribution in [3.05, 3.63) is 60.3 Å². The molecule has 158 valence electrons. The van der Waals surface area contributed by atoms with Crippen molar-refractivity contribution in [2.75, 3.05) is 15.5 Å². The van der Waals surface area contributed by atoms with Crippen LogP contribution in [0.3, 0.4) is 0 Å². The van der Waals surface area contributed by atoms with Crippen LogP contribution in [-0.2, 0) is 11.2 Å². The van der Waals surface area contributed by atoms with E-state index in [1.54, 1.807) is 29.7 Å². The number of rotatable bonds is 5. The number of amides is 1. The van der Waals surface area contributed by atoms with Gasteiger partial charge in [-0.2, -0.15) is 0 Å². The number of pyridine rings is 2. The summed E-state index contributed by atoms with van der Waals surface area (Å²) >= 11 is 0. The molecule has 0 spiro atoms. The van der Waals surface area contributed by atoms with Gasteiger partial charge in [0.05, 0.1) is 30.0 Å². The molecule has 0 saturated heterocycles. The van der Waals surface area contributed by atoms with E-state index in [9.17, 15) is 4.79 Å². The fourth-order valence-corrected chi connectivity index (χ4v) is 4.30. The van der Waals surface area contributed by atoms with E-state index in [1.165, 1.54) is 0 Å². The van der Waals surface area contributed by atoms with E-state index < -0.39 is 0 Å². The molecule has 8 nitrogen and oxygen atoms in total. The summed E-state index contributed by atoms with van der Waals surface area (Å²) in [7, 11) is 0. The molecule has 31 heavy (non-hydrogen) atoms. The predicted molar refractivity (Wildman–Crippen MR) is 119 cm³/mol. The molecular formula is C23H25N7O. The van der Waals surface area contributed by atoms with Crippen molar-refractivity contribution in [3.8, 4) is 0 Å². The van der Waals surface area contributed by atoms with Gasteiger partial charge in [-0.3, -0.25) is 14.7 Å². The van der Waals surface area contributed by atoms with Gasteiger partial charge in [-0.1, -0.05) is 6.07 Å². The number of anilines is 4. The fraction of sp³-hybridized carbons (Fsp3) is 0.348. The summed E-state index contributed by atoms with van der Waals surface area (Å²) in [6.07, 6.45) is 11.4. The van der Waals surface area contributed by atoms with Gasteiger partial charge < -0.3 is 10.6 Å². The molecule has 0 radical (unpaired) electrons. The van der Waals surface area contributed by atoms with Crippen molar-refractivity contribution in [1.82, 2.24) is 19.9 Å². The predicted octanol–water partition coefficient (Wildman–Crippen LogP) is 3.63. The summed E-state index contributed by atoms with van der Waals surface area (Å²) in [6.45, 7) is 1.93. The Balaban J connectivity index is 1.22. The quantitative estimate of drug-likeness (QED) is 0.657. The van der Waals surface area contributed by atoms with E-state index in [2.05, 4.69) is 30.6 Å². The van der Waals surface area contributed by atoms with Crippen LogP contribution in [0.25, 0.3) is 0 Å². The second-order valence-corrected chi connectivity index (χ2v) is 8.16. The molecule has 8 heteroatoms. The molecule has 1 aliphatic heterocycles. The van der Waals surface area contributed by atoms with E-state index in [-0.39, 0.29) is 5.91 Å². The molecule has 0 bridgehead atoms. The van der Waals surface area contributed by atoms with Crippen molar-refractivity contribution >= 4 is 29.0 Å². The van der Waals surface area contributed by atoms with Gasteiger partial charge in [0.15, 0.2) is 0 Å². The highest BCUT2D eigenvalue weighted by Crippen LogP contribution is 2.32. The van der Waals surface area contributed by atoms with Crippen molar-refractivity contribution in [2.45, 2.75) is 51.1 Å². The molecular weight excluding hydrogens is 390 g/mol. The third-order valence-electron chi connectivity index (χ3n) is 5.86. The number of hydrogen-bond donors (Lipinski definition) is 2. The van der Waals surface area contributed by atoms with E-state index >= 15 is 0 Å². The topological polar surface area (TPSA) is 95.9 Å². The Morgan fingerprint density at radius 2 is 1.71 bits per heavy atom. The average Bonchev–Trinajstić information content (AvgIpc) is 3.23. The molecule has 1 amide bonds. The SMILES string of the molecule is Cc1cnc(N[C@H]2CC[C@H](Nc3ccc(N4C(=O)CCc5cccnc54)cn3)C2)cn1. The Bertz CT molecular complexity index is 1070. The Labute approximate surface area is 181 Å². The largest absolute Gasteiger partial charge is 0.367 e. The minimum atomic E-state index is 0.0534. The Kier molecular flexibility index (Phi) is 5.19. The maximum atomic E-state index is 12.6. The van der Waals surface area contributed by atoms with Crippen LogP contribution in [0.1, 0.15) is 36.9 Å². The van der Waals surface area contributed by atoms with E-state index in [0.29, 0.717) is 24.3 Å². The highest BCUT2D eigenvalue weighted by molar-refractivity contribution is 6.01. The molecule has 1 saturated carbocycles. The van der Waals surface area contributed by atoms with Crippen LogP contribution >= 0.6 is 0 Å². The van der Waals surface area contributed by atoms with Gasteiger partial charge >= 0.3 is 0 Å². The molecule has 0 aromatic carbocycles. The van der Waals surface area contributed by atoms with Crippen molar-refractivity contribution < 1.29 is 4.79 Å².